The predicted molar refractivity (Wildman–Crippen MR) is 75.8 cm³/mol. The average molecular weight is 327 g/mol. The molecule has 0 saturated heterocycles. The van der Waals surface area contributed by atoms with Crippen molar-refractivity contribution in [1.82, 2.24) is 0 Å². The van der Waals surface area contributed by atoms with Crippen LogP contribution in [0.15, 0.2) is 36.4 Å². The third-order valence-corrected chi connectivity index (χ3v) is 3.53. The van der Waals surface area contributed by atoms with Gasteiger partial charge in [0, 0.05) is 17.7 Å². The van der Waals surface area contributed by atoms with Crippen molar-refractivity contribution in [3.05, 3.63) is 47.8 Å². The van der Waals surface area contributed by atoms with Crippen LogP contribution in [0.4, 0.5) is 17.6 Å². The van der Waals surface area contributed by atoms with Gasteiger partial charge in [0.2, 0.25) is 0 Å². The Kier molecular flexibility index (Phi) is 3.89. The molecule has 0 spiro atoms. The lowest BCUT2D eigenvalue weighted by Crippen LogP contribution is -2.35. The molecule has 0 amide bonds. The zero-order valence-electron chi connectivity index (χ0n) is 11.9. The summed E-state index contributed by atoms with van der Waals surface area (Å²) >= 11 is 0. The van der Waals surface area contributed by atoms with Gasteiger partial charge < -0.3 is 15.2 Å². The monoisotopic (exact) mass is 327 g/mol. The maximum absolute atomic E-state index is 13.5. The van der Waals surface area contributed by atoms with Crippen molar-refractivity contribution in [2.24, 2.45) is 5.73 Å². The summed E-state index contributed by atoms with van der Waals surface area (Å²) in [7, 11) is 0. The molecule has 3 rings (SSSR count). The fourth-order valence-corrected chi connectivity index (χ4v) is 2.45. The number of rotatable bonds is 2. The van der Waals surface area contributed by atoms with E-state index >= 15 is 0 Å². The third kappa shape index (κ3) is 2.96. The van der Waals surface area contributed by atoms with E-state index in [2.05, 4.69) is 0 Å². The van der Waals surface area contributed by atoms with Crippen LogP contribution in [0.2, 0.25) is 0 Å². The molecule has 7 heteroatoms. The molecule has 1 atom stereocenters. The summed E-state index contributed by atoms with van der Waals surface area (Å²) in [6.07, 6.45) is -5.08. The molecule has 0 saturated carbocycles. The van der Waals surface area contributed by atoms with E-state index in [-0.39, 0.29) is 30.0 Å². The summed E-state index contributed by atoms with van der Waals surface area (Å²) in [6.45, 7) is 0.366. The second-order valence-corrected chi connectivity index (χ2v) is 5.11. The van der Waals surface area contributed by atoms with E-state index in [4.69, 9.17) is 15.2 Å². The van der Waals surface area contributed by atoms with Gasteiger partial charge in [-0.25, -0.2) is 4.39 Å². The summed E-state index contributed by atoms with van der Waals surface area (Å²) in [5, 5.41) is 0. The first-order valence-corrected chi connectivity index (χ1v) is 6.90. The lowest BCUT2D eigenvalue weighted by Gasteiger charge is -2.28. The van der Waals surface area contributed by atoms with Crippen molar-refractivity contribution in [3.8, 4) is 22.6 Å². The zero-order valence-corrected chi connectivity index (χ0v) is 11.9. The van der Waals surface area contributed by atoms with Gasteiger partial charge in [-0.05, 0) is 24.3 Å². The molecule has 1 aliphatic rings. The van der Waals surface area contributed by atoms with Crippen molar-refractivity contribution in [2.75, 3.05) is 13.2 Å². The fourth-order valence-electron chi connectivity index (χ4n) is 2.45. The first-order chi connectivity index (χ1) is 10.9. The molecule has 2 aromatic carbocycles. The van der Waals surface area contributed by atoms with Crippen LogP contribution in [0.1, 0.15) is 5.56 Å². The van der Waals surface area contributed by atoms with E-state index in [0.29, 0.717) is 11.8 Å². The van der Waals surface area contributed by atoms with Gasteiger partial charge in [-0.15, -0.1) is 0 Å². The number of alkyl halides is 3. The summed E-state index contributed by atoms with van der Waals surface area (Å²) < 4.78 is 64.3. The van der Waals surface area contributed by atoms with E-state index in [9.17, 15) is 17.6 Å². The van der Waals surface area contributed by atoms with Gasteiger partial charge in [-0.1, -0.05) is 12.1 Å². The highest BCUT2D eigenvalue weighted by atomic mass is 19.4. The van der Waals surface area contributed by atoms with Gasteiger partial charge in [-0.2, -0.15) is 13.2 Å². The molecule has 0 unspecified atom stereocenters. The molecule has 0 aliphatic carbocycles. The summed E-state index contributed by atoms with van der Waals surface area (Å²) in [4.78, 5) is 0. The number of ether oxygens (including phenoxy) is 2. The number of nitrogens with two attached hydrogens (primary N) is 1. The smallest absolute Gasteiger partial charge is 0.417 e. The number of halogens is 4. The van der Waals surface area contributed by atoms with Crippen molar-refractivity contribution in [1.29, 1.82) is 0 Å². The van der Waals surface area contributed by atoms with Crippen molar-refractivity contribution in [2.45, 2.75) is 12.3 Å². The van der Waals surface area contributed by atoms with Gasteiger partial charge >= 0.3 is 6.18 Å². The second-order valence-electron chi connectivity index (χ2n) is 5.11. The van der Waals surface area contributed by atoms with Crippen LogP contribution >= 0.6 is 0 Å². The SMILES string of the molecule is NC[C@H]1COc2cccc(-c3cc(F)ccc3C(F)(F)F)c2O1. The maximum atomic E-state index is 13.5. The van der Waals surface area contributed by atoms with E-state index in [1.807, 2.05) is 0 Å². The maximum Gasteiger partial charge on any atom is 0.417 e. The predicted octanol–water partition coefficient (Wildman–Crippen LogP) is 3.61. The van der Waals surface area contributed by atoms with Crippen LogP contribution in [-0.2, 0) is 6.18 Å². The molecular weight excluding hydrogens is 314 g/mol. The normalized spacial score (nSPS) is 17.2. The van der Waals surface area contributed by atoms with Gasteiger partial charge in [0.05, 0.1) is 5.56 Å². The quantitative estimate of drug-likeness (QED) is 0.857. The molecule has 0 radical (unpaired) electrons. The van der Waals surface area contributed by atoms with Crippen LogP contribution in [0, 0.1) is 5.82 Å². The van der Waals surface area contributed by atoms with Gasteiger partial charge in [0.25, 0.3) is 0 Å². The topological polar surface area (TPSA) is 44.5 Å². The first kappa shape index (κ1) is 15.6. The molecule has 2 N–H and O–H groups in total. The standard InChI is InChI=1S/C16H13F4NO2/c17-9-4-5-13(16(18,19)20)12(6-9)11-2-1-3-14-15(11)23-10(7-21)8-22-14/h1-6,10H,7-8,21H2/t10-/m0/s1. The minimum Gasteiger partial charge on any atom is -0.486 e. The molecule has 0 fully saturated rings. The number of hydrogen-bond acceptors (Lipinski definition) is 3. The first-order valence-electron chi connectivity index (χ1n) is 6.90. The van der Waals surface area contributed by atoms with Crippen LogP contribution in [-0.4, -0.2) is 19.3 Å². The van der Waals surface area contributed by atoms with E-state index in [1.54, 1.807) is 6.07 Å². The lowest BCUT2D eigenvalue weighted by atomic mass is 9.97. The molecule has 2 aromatic rings. The Hall–Kier alpha value is -2.28. The van der Waals surface area contributed by atoms with Crippen LogP contribution in [0.25, 0.3) is 11.1 Å². The summed E-state index contributed by atoms with van der Waals surface area (Å²) in [5.74, 6) is -0.312. The average Bonchev–Trinajstić information content (AvgIpc) is 2.52. The van der Waals surface area contributed by atoms with Crippen LogP contribution in [0.3, 0.4) is 0 Å². The Bertz CT molecular complexity index is 731. The van der Waals surface area contributed by atoms with Crippen molar-refractivity contribution >= 4 is 0 Å². The minimum absolute atomic E-state index is 0.118. The summed E-state index contributed by atoms with van der Waals surface area (Å²) in [5.41, 5.74) is 4.41. The van der Waals surface area contributed by atoms with Crippen molar-refractivity contribution in [3.63, 3.8) is 0 Å². The molecule has 1 aliphatic heterocycles. The van der Waals surface area contributed by atoms with Gasteiger partial charge in [0.15, 0.2) is 11.5 Å². The second kappa shape index (κ2) is 5.73. The Morgan fingerprint density at radius 3 is 2.61 bits per heavy atom. The molecule has 3 nitrogen and oxygen atoms in total. The van der Waals surface area contributed by atoms with Crippen molar-refractivity contribution < 1.29 is 27.0 Å². The Labute approximate surface area is 129 Å². The fraction of sp³-hybridized carbons (Fsp3) is 0.250. The zero-order chi connectivity index (χ0) is 16.6. The minimum atomic E-state index is -4.62. The number of para-hydroxylation sites is 1. The van der Waals surface area contributed by atoms with E-state index in [1.165, 1.54) is 12.1 Å². The van der Waals surface area contributed by atoms with Crippen LogP contribution < -0.4 is 15.2 Å². The van der Waals surface area contributed by atoms with Gasteiger partial charge in [0.1, 0.15) is 18.5 Å². The Balaban J connectivity index is 2.19. The third-order valence-electron chi connectivity index (χ3n) is 3.53. The number of fused-ring (bicyclic) bond motifs is 1. The van der Waals surface area contributed by atoms with E-state index in [0.717, 1.165) is 12.1 Å². The lowest BCUT2D eigenvalue weighted by molar-refractivity contribution is -0.137. The molecule has 122 valence electrons. The Morgan fingerprint density at radius 2 is 1.91 bits per heavy atom. The largest absolute Gasteiger partial charge is 0.486 e. The highest BCUT2D eigenvalue weighted by Crippen LogP contribution is 2.45. The molecule has 1 heterocycles. The Morgan fingerprint density at radius 1 is 1.13 bits per heavy atom. The summed E-state index contributed by atoms with van der Waals surface area (Å²) in [6, 6.07) is 6.89. The van der Waals surface area contributed by atoms with Gasteiger partial charge in [-0.3, -0.25) is 0 Å². The van der Waals surface area contributed by atoms with Crippen LogP contribution in [0.5, 0.6) is 11.5 Å². The molecule has 0 bridgehead atoms. The molecule has 0 aromatic heterocycles. The molecule has 23 heavy (non-hydrogen) atoms. The van der Waals surface area contributed by atoms with E-state index < -0.39 is 23.7 Å². The molecular formula is C16H13F4NO2. The highest BCUT2D eigenvalue weighted by molar-refractivity contribution is 5.77. The number of hydrogen-bond donors (Lipinski definition) is 1. The number of benzene rings is 2. The highest BCUT2D eigenvalue weighted by Gasteiger charge is 2.35.